The van der Waals surface area contributed by atoms with Crippen molar-refractivity contribution < 1.29 is 19.7 Å². The van der Waals surface area contributed by atoms with Crippen molar-refractivity contribution in [3.63, 3.8) is 0 Å². The van der Waals surface area contributed by atoms with E-state index in [1.165, 1.54) is 5.56 Å². The number of aliphatic carboxylic acids is 1. The maximum atomic E-state index is 11.1. The van der Waals surface area contributed by atoms with Gasteiger partial charge in [0, 0.05) is 29.1 Å². The van der Waals surface area contributed by atoms with Gasteiger partial charge >= 0.3 is 5.97 Å². The van der Waals surface area contributed by atoms with E-state index in [1.54, 1.807) is 6.07 Å². The van der Waals surface area contributed by atoms with Crippen molar-refractivity contribution in [1.82, 2.24) is 4.90 Å². The van der Waals surface area contributed by atoms with Gasteiger partial charge in [0.25, 0.3) is 0 Å². The number of likely N-dealkylation sites (tertiary alicyclic amines) is 1. The summed E-state index contributed by atoms with van der Waals surface area (Å²) in [5.41, 5.74) is 4.01. The normalized spacial score (nSPS) is 18.2. The van der Waals surface area contributed by atoms with Crippen LogP contribution in [-0.2, 0) is 22.4 Å². The molecule has 2 N–H and O–H groups in total. The van der Waals surface area contributed by atoms with E-state index in [0.29, 0.717) is 30.5 Å². The van der Waals surface area contributed by atoms with E-state index in [-0.39, 0.29) is 19.1 Å². The molecule has 1 fully saturated rings. The van der Waals surface area contributed by atoms with Crippen LogP contribution in [-0.4, -0.2) is 52.9 Å². The minimum atomic E-state index is -0.858. The zero-order valence-corrected chi connectivity index (χ0v) is 21.5. The standard InChI is InChI=1S/C27H35Cl2NO4/c1-3-26(23-7-4-8-24(28)22(23)11-12-27(32)33)34-17-21(31)16-30-13-5-6-20(30)14-19-10-9-18(2)25(29)15-19/h4,7-10,15,20-21,26,31H,3,5-6,11-14,16-17H2,1-2H3,(H,32,33)/t20-,21?,26+/m0/s1. The number of nitrogens with zero attached hydrogens (tertiary/aromatic N) is 1. The molecule has 0 aromatic heterocycles. The maximum absolute atomic E-state index is 11.1. The minimum Gasteiger partial charge on any atom is -0.481 e. The Morgan fingerprint density at radius 1 is 1.24 bits per heavy atom. The first-order valence-electron chi connectivity index (χ1n) is 12.1. The number of hydrogen-bond donors (Lipinski definition) is 2. The number of aliphatic hydroxyl groups is 1. The molecule has 0 aliphatic carbocycles. The molecule has 0 bridgehead atoms. The second kappa shape index (κ2) is 12.9. The van der Waals surface area contributed by atoms with Crippen LogP contribution in [0.15, 0.2) is 36.4 Å². The van der Waals surface area contributed by atoms with E-state index in [4.69, 9.17) is 33.0 Å². The molecule has 2 aromatic rings. The largest absolute Gasteiger partial charge is 0.481 e. The monoisotopic (exact) mass is 507 g/mol. The Hall–Kier alpha value is -1.63. The minimum absolute atomic E-state index is 0.0122. The molecule has 1 heterocycles. The summed E-state index contributed by atoms with van der Waals surface area (Å²) in [6.07, 6.45) is 3.34. The van der Waals surface area contributed by atoms with Crippen molar-refractivity contribution in [3.8, 4) is 0 Å². The number of carboxylic acid groups (broad SMARTS) is 1. The van der Waals surface area contributed by atoms with Gasteiger partial charge in [0.05, 0.1) is 18.8 Å². The summed E-state index contributed by atoms with van der Waals surface area (Å²) < 4.78 is 6.13. The molecule has 3 atom stereocenters. The topological polar surface area (TPSA) is 70.0 Å². The Morgan fingerprint density at radius 3 is 2.74 bits per heavy atom. The molecule has 2 aromatic carbocycles. The fourth-order valence-electron chi connectivity index (χ4n) is 4.75. The number of carbonyl (C=O) groups is 1. The Bertz CT molecular complexity index is 968. The number of carboxylic acids is 1. The zero-order chi connectivity index (χ0) is 24.7. The number of aliphatic hydroxyl groups excluding tert-OH is 1. The molecule has 1 aliphatic rings. The Labute approximate surface area is 212 Å². The highest BCUT2D eigenvalue weighted by Gasteiger charge is 2.27. The summed E-state index contributed by atoms with van der Waals surface area (Å²) in [6, 6.07) is 12.2. The highest BCUT2D eigenvalue weighted by molar-refractivity contribution is 6.31. The van der Waals surface area contributed by atoms with Crippen molar-refractivity contribution in [2.75, 3.05) is 19.7 Å². The van der Waals surface area contributed by atoms with Crippen LogP contribution in [0, 0.1) is 6.92 Å². The lowest BCUT2D eigenvalue weighted by Crippen LogP contribution is -2.39. The molecular weight excluding hydrogens is 473 g/mol. The zero-order valence-electron chi connectivity index (χ0n) is 20.0. The number of rotatable bonds is 12. The average Bonchev–Trinajstić information content (AvgIpc) is 3.22. The van der Waals surface area contributed by atoms with E-state index < -0.39 is 12.1 Å². The van der Waals surface area contributed by atoms with Gasteiger partial charge in [-0.2, -0.15) is 0 Å². The fraction of sp³-hybridized carbons (Fsp3) is 0.519. The molecule has 0 spiro atoms. The van der Waals surface area contributed by atoms with E-state index in [2.05, 4.69) is 17.0 Å². The van der Waals surface area contributed by atoms with E-state index in [1.807, 2.05) is 32.0 Å². The molecule has 1 aliphatic heterocycles. The molecular formula is C27H35Cl2NO4. The van der Waals surface area contributed by atoms with Gasteiger partial charge in [-0.3, -0.25) is 9.69 Å². The van der Waals surface area contributed by atoms with Gasteiger partial charge in [-0.05, 0) is 80.0 Å². The van der Waals surface area contributed by atoms with Crippen molar-refractivity contribution in [3.05, 3.63) is 68.7 Å². The van der Waals surface area contributed by atoms with Crippen LogP contribution >= 0.6 is 23.2 Å². The smallest absolute Gasteiger partial charge is 0.303 e. The third-order valence-electron chi connectivity index (χ3n) is 6.60. The van der Waals surface area contributed by atoms with Crippen molar-refractivity contribution in [2.45, 2.75) is 70.6 Å². The summed E-state index contributed by atoms with van der Waals surface area (Å²) in [7, 11) is 0. The Kier molecular flexibility index (Phi) is 10.2. The average molecular weight is 508 g/mol. The number of aryl methyl sites for hydroxylation is 1. The van der Waals surface area contributed by atoms with Crippen molar-refractivity contribution in [2.24, 2.45) is 0 Å². The molecule has 3 rings (SSSR count). The highest BCUT2D eigenvalue weighted by Crippen LogP contribution is 2.31. The number of ether oxygens (including phenoxy) is 1. The predicted molar refractivity (Wildman–Crippen MR) is 137 cm³/mol. The van der Waals surface area contributed by atoms with Crippen molar-refractivity contribution in [1.29, 1.82) is 0 Å². The van der Waals surface area contributed by atoms with Crippen LogP contribution in [0.4, 0.5) is 0 Å². The first-order valence-corrected chi connectivity index (χ1v) is 12.8. The summed E-state index contributed by atoms with van der Waals surface area (Å²) in [4.78, 5) is 13.4. The predicted octanol–water partition coefficient (Wildman–Crippen LogP) is 5.85. The maximum Gasteiger partial charge on any atom is 0.303 e. The van der Waals surface area contributed by atoms with Crippen LogP contribution in [0.3, 0.4) is 0 Å². The molecule has 1 saturated heterocycles. The number of benzene rings is 2. The third-order valence-corrected chi connectivity index (χ3v) is 7.36. The van der Waals surface area contributed by atoms with E-state index in [9.17, 15) is 9.90 Å². The molecule has 34 heavy (non-hydrogen) atoms. The number of β-amino-alcohol motifs (C(OH)–C–C–N with tert-alkyl or cyclic N) is 1. The molecule has 0 radical (unpaired) electrons. The molecule has 7 heteroatoms. The third kappa shape index (κ3) is 7.43. The van der Waals surface area contributed by atoms with Crippen molar-refractivity contribution >= 4 is 29.2 Å². The van der Waals surface area contributed by atoms with Crippen LogP contribution in [0.25, 0.3) is 0 Å². The lowest BCUT2D eigenvalue weighted by atomic mass is 9.97. The van der Waals surface area contributed by atoms with Crippen LogP contribution in [0.1, 0.15) is 61.0 Å². The molecule has 5 nitrogen and oxygen atoms in total. The van der Waals surface area contributed by atoms with Crippen LogP contribution in [0.5, 0.6) is 0 Å². The van der Waals surface area contributed by atoms with Crippen LogP contribution < -0.4 is 0 Å². The lowest BCUT2D eigenvalue weighted by molar-refractivity contribution is -0.136. The van der Waals surface area contributed by atoms with Gasteiger partial charge in [0.1, 0.15) is 0 Å². The molecule has 1 unspecified atom stereocenters. The fourth-order valence-corrected chi connectivity index (χ4v) is 5.23. The second-order valence-electron chi connectivity index (χ2n) is 9.16. The Morgan fingerprint density at radius 2 is 2.03 bits per heavy atom. The number of hydrogen-bond acceptors (Lipinski definition) is 4. The summed E-state index contributed by atoms with van der Waals surface area (Å²) in [5.74, 6) is -0.858. The van der Waals surface area contributed by atoms with Gasteiger partial charge < -0.3 is 14.9 Å². The second-order valence-corrected chi connectivity index (χ2v) is 9.98. The van der Waals surface area contributed by atoms with E-state index >= 15 is 0 Å². The summed E-state index contributed by atoms with van der Waals surface area (Å²) >= 11 is 12.7. The summed E-state index contributed by atoms with van der Waals surface area (Å²) in [5, 5.41) is 21.2. The van der Waals surface area contributed by atoms with Gasteiger partial charge in [-0.25, -0.2) is 0 Å². The first-order chi connectivity index (χ1) is 16.3. The Balaban J connectivity index is 1.58. The van der Waals surface area contributed by atoms with Gasteiger partial charge in [-0.1, -0.05) is 54.4 Å². The van der Waals surface area contributed by atoms with Gasteiger partial charge in [0.2, 0.25) is 0 Å². The molecule has 0 saturated carbocycles. The lowest BCUT2D eigenvalue weighted by Gasteiger charge is -2.28. The quantitative estimate of drug-likeness (QED) is 0.376. The molecule has 0 amide bonds. The van der Waals surface area contributed by atoms with Crippen LogP contribution in [0.2, 0.25) is 10.0 Å². The van der Waals surface area contributed by atoms with E-state index in [0.717, 1.165) is 47.5 Å². The SMILES string of the molecule is CC[C@@H](OCC(O)CN1CCC[C@H]1Cc1ccc(C)c(Cl)c1)c1cccc(Cl)c1CCC(=O)O. The summed E-state index contributed by atoms with van der Waals surface area (Å²) in [6.45, 7) is 5.76. The number of halogens is 2. The first kappa shape index (κ1) is 27.0. The van der Waals surface area contributed by atoms with Gasteiger partial charge in [-0.15, -0.1) is 0 Å². The van der Waals surface area contributed by atoms with Gasteiger partial charge in [0.15, 0.2) is 0 Å². The molecule has 186 valence electrons. The highest BCUT2D eigenvalue weighted by atomic mass is 35.5.